The summed E-state index contributed by atoms with van der Waals surface area (Å²) in [4.78, 5) is 1.39. The molecule has 0 N–H and O–H groups in total. The van der Waals surface area contributed by atoms with Crippen LogP contribution in [0.2, 0.25) is 0 Å². The number of hydrogen-bond acceptors (Lipinski definition) is 6. The molecule has 0 fully saturated rings. The van der Waals surface area contributed by atoms with E-state index in [9.17, 15) is 4.57 Å². The van der Waals surface area contributed by atoms with Crippen molar-refractivity contribution in [3.05, 3.63) is 36.2 Å². The van der Waals surface area contributed by atoms with Crippen LogP contribution in [0, 0.1) is 0 Å². The lowest BCUT2D eigenvalue weighted by Gasteiger charge is -2.14. The Labute approximate surface area is 117 Å². The van der Waals surface area contributed by atoms with Gasteiger partial charge in [0.05, 0.1) is 18.9 Å². The monoisotopic (exact) mass is 296 g/mol. The molecule has 0 radical (unpaired) electrons. The first-order valence-electron chi connectivity index (χ1n) is 6.39. The zero-order chi connectivity index (χ0) is 14.4. The second-order valence-electron chi connectivity index (χ2n) is 3.94. The van der Waals surface area contributed by atoms with Crippen LogP contribution in [0.3, 0.4) is 0 Å². The highest BCUT2D eigenvalue weighted by atomic mass is 31.2. The van der Waals surface area contributed by atoms with Crippen LogP contribution in [0.1, 0.15) is 19.7 Å². The van der Waals surface area contributed by atoms with E-state index in [1.165, 1.54) is 4.80 Å². The number of aromatic nitrogens is 4. The minimum atomic E-state index is -3.20. The summed E-state index contributed by atoms with van der Waals surface area (Å²) < 4.78 is 22.8. The van der Waals surface area contributed by atoms with Crippen molar-refractivity contribution in [1.29, 1.82) is 0 Å². The third-order valence-corrected chi connectivity index (χ3v) is 4.40. The van der Waals surface area contributed by atoms with E-state index in [4.69, 9.17) is 9.05 Å². The van der Waals surface area contributed by atoms with Crippen molar-refractivity contribution in [2.45, 2.75) is 20.0 Å². The minimum absolute atomic E-state index is 0.0154. The van der Waals surface area contributed by atoms with Gasteiger partial charge in [0.25, 0.3) is 0 Å². The molecule has 2 rings (SSSR count). The predicted octanol–water partition coefficient (Wildman–Crippen LogP) is 2.43. The minimum Gasteiger partial charge on any atom is -0.309 e. The summed E-state index contributed by atoms with van der Waals surface area (Å²) in [7, 11) is -3.20. The van der Waals surface area contributed by atoms with Gasteiger partial charge in [0.15, 0.2) is 5.82 Å². The molecule has 20 heavy (non-hydrogen) atoms. The van der Waals surface area contributed by atoms with Crippen LogP contribution < -0.4 is 0 Å². The fraction of sp³-hybridized carbons (Fsp3) is 0.417. The molecule has 0 amide bonds. The van der Waals surface area contributed by atoms with Crippen LogP contribution in [-0.4, -0.2) is 33.4 Å². The first-order chi connectivity index (χ1) is 9.67. The Bertz CT molecular complexity index is 577. The molecule has 0 atom stereocenters. The maximum atomic E-state index is 12.4. The maximum absolute atomic E-state index is 12.4. The zero-order valence-corrected chi connectivity index (χ0v) is 12.4. The Morgan fingerprint density at radius 2 is 1.80 bits per heavy atom. The van der Waals surface area contributed by atoms with Gasteiger partial charge in [0.1, 0.15) is 6.16 Å². The molecule has 1 aromatic heterocycles. The molecular weight excluding hydrogens is 279 g/mol. The lowest BCUT2D eigenvalue weighted by atomic mass is 10.3. The zero-order valence-electron chi connectivity index (χ0n) is 11.5. The molecule has 8 heteroatoms. The average molecular weight is 296 g/mol. The molecule has 108 valence electrons. The van der Waals surface area contributed by atoms with Gasteiger partial charge >= 0.3 is 7.60 Å². The first kappa shape index (κ1) is 14.8. The van der Waals surface area contributed by atoms with Crippen LogP contribution in [-0.2, 0) is 19.8 Å². The van der Waals surface area contributed by atoms with Gasteiger partial charge in [-0.2, -0.15) is 0 Å². The highest BCUT2D eigenvalue weighted by Gasteiger charge is 2.26. The second kappa shape index (κ2) is 6.74. The van der Waals surface area contributed by atoms with E-state index in [0.717, 1.165) is 5.69 Å². The van der Waals surface area contributed by atoms with Crippen LogP contribution in [0.4, 0.5) is 0 Å². The molecule has 1 heterocycles. The lowest BCUT2D eigenvalue weighted by Crippen LogP contribution is -2.02. The average Bonchev–Trinajstić information content (AvgIpc) is 2.88. The number of benzene rings is 1. The number of tetrazole rings is 1. The fourth-order valence-electron chi connectivity index (χ4n) is 1.67. The summed E-state index contributed by atoms with van der Waals surface area (Å²) in [5.41, 5.74) is 0.786. The van der Waals surface area contributed by atoms with Gasteiger partial charge in [-0.1, -0.05) is 18.2 Å². The van der Waals surface area contributed by atoms with E-state index >= 15 is 0 Å². The van der Waals surface area contributed by atoms with Gasteiger partial charge in [-0.15, -0.1) is 15.0 Å². The molecule has 0 unspecified atom stereocenters. The van der Waals surface area contributed by atoms with Gasteiger partial charge < -0.3 is 9.05 Å². The smallest absolute Gasteiger partial charge is 0.309 e. The number of para-hydroxylation sites is 1. The third-order valence-electron chi connectivity index (χ3n) is 2.43. The molecule has 0 aliphatic heterocycles. The Balaban J connectivity index is 2.15. The molecule has 0 saturated heterocycles. The molecule has 7 nitrogen and oxygen atoms in total. The maximum Gasteiger partial charge on any atom is 0.338 e. The van der Waals surface area contributed by atoms with Gasteiger partial charge in [0.2, 0.25) is 0 Å². The van der Waals surface area contributed by atoms with Gasteiger partial charge in [-0.25, -0.2) is 0 Å². The molecule has 2 aromatic rings. The van der Waals surface area contributed by atoms with Gasteiger partial charge in [-0.3, -0.25) is 4.57 Å². The van der Waals surface area contributed by atoms with Crippen molar-refractivity contribution in [3.63, 3.8) is 0 Å². The fourth-order valence-corrected chi connectivity index (χ4v) is 3.19. The lowest BCUT2D eigenvalue weighted by molar-refractivity contribution is 0.218. The molecule has 0 saturated carbocycles. The Hall–Kier alpha value is -1.56. The summed E-state index contributed by atoms with van der Waals surface area (Å²) in [6.45, 7) is 4.15. The van der Waals surface area contributed by atoms with Crippen molar-refractivity contribution in [1.82, 2.24) is 20.2 Å². The van der Waals surface area contributed by atoms with E-state index in [1.807, 2.05) is 30.3 Å². The van der Waals surface area contributed by atoms with Crippen molar-refractivity contribution < 1.29 is 13.6 Å². The van der Waals surface area contributed by atoms with Crippen LogP contribution >= 0.6 is 7.60 Å². The van der Waals surface area contributed by atoms with E-state index in [0.29, 0.717) is 19.0 Å². The quantitative estimate of drug-likeness (QED) is 0.730. The van der Waals surface area contributed by atoms with E-state index in [1.54, 1.807) is 13.8 Å². The highest BCUT2D eigenvalue weighted by Crippen LogP contribution is 2.50. The standard InChI is InChI=1S/C12H17N4O3P/c1-3-18-20(17,19-4-2)10-12-13-15-16(14-12)11-8-6-5-7-9-11/h5-9H,3-4,10H2,1-2H3. The van der Waals surface area contributed by atoms with Crippen molar-refractivity contribution in [2.75, 3.05) is 13.2 Å². The van der Waals surface area contributed by atoms with E-state index in [2.05, 4.69) is 15.4 Å². The molecule has 1 aromatic carbocycles. The Kier molecular flexibility index (Phi) is 5.00. The summed E-state index contributed by atoms with van der Waals surface area (Å²) >= 11 is 0. The summed E-state index contributed by atoms with van der Waals surface area (Å²) in [6.07, 6.45) is 0.0154. The number of rotatable bonds is 7. The largest absolute Gasteiger partial charge is 0.338 e. The second-order valence-corrected chi connectivity index (χ2v) is 5.99. The summed E-state index contributed by atoms with van der Waals surface area (Å²) in [5, 5.41) is 12.0. The number of hydrogen-bond donors (Lipinski definition) is 0. The van der Waals surface area contributed by atoms with E-state index < -0.39 is 7.60 Å². The van der Waals surface area contributed by atoms with Gasteiger partial charge in [0, 0.05) is 0 Å². The molecule has 0 spiro atoms. The Morgan fingerprint density at radius 1 is 1.15 bits per heavy atom. The number of nitrogens with zero attached hydrogens (tertiary/aromatic N) is 4. The topological polar surface area (TPSA) is 79.1 Å². The first-order valence-corrected chi connectivity index (χ1v) is 8.12. The van der Waals surface area contributed by atoms with Crippen LogP contribution in [0.25, 0.3) is 5.69 Å². The third kappa shape index (κ3) is 3.72. The van der Waals surface area contributed by atoms with Crippen LogP contribution in [0.5, 0.6) is 0 Å². The van der Waals surface area contributed by atoms with E-state index in [-0.39, 0.29) is 6.16 Å². The molecule has 0 aliphatic rings. The molecule has 0 aliphatic carbocycles. The van der Waals surface area contributed by atoms with Gasteiger partial charge in [-0.05, 0) is 31.2 Å². The summed E-state index contributed by atoms with van der Waals surface area (Å²) in [5.74, 6) is 0.332. The highest BCUT2D eigenvalue weighted by molar-refractivity contribution is 7.53. The van der Waals surface area contributed by atoms with Crippen molar-refractivity contribution in [2.24, 2.45) is 0 Å². The van der Waals surface area contributed by atoms with Crippen molar-refractivity contribution >= 4 is 7.60 Å². The molecular formula is C12H17N4O3P. The Morgan fingerprint density at radius 3 is 2.40 bits per heavy atom. The SMILES string of the molecule is CCOP(=O)(Cc1nnn(-c2ccccc2)n1)OCC. The predicted molar refractivity (Wildman–Crippen MR) is 73.7 cm³/mol. The normalized spacial score (nSPS) is 11.7. The van der Waals surface area contributed by atoms with Crippen molar-refractivity contribution in [3.8, 4) is 5.69 Å². The summed E-state index contributed by atoms with van der Waals surface area (Å²) in [6, 6.07) is 9.37. The van der Waals surface area contributed by atoms with Crippen LogP contribution in [0.15, 0.2) is 30.3 Å². The molecule has 0 bridgehead atoms.